The summed E-state index contributed by atoms with van der Waals surface area (Å²) in [6, 6.07) is 10.3. The Labute approximate surface area is 152 Å². The molecule has 1 heterocycles. The lowest BCUT2D eigenvalue weighted by Crippen LogP contribution is -2.08. The first kappa shape index (κ1) is 18.2. The topological polar surface area (TPSA) is 119 Å². The largest absolute Gasteiger partial charge is 0.368 e. The first-order valence-electron chi connectivity index (χ1n) is 8.35. The summed E-state index contributed by atoms with van der Waals surface area (Å²) < 4.78 is 32.6. The fraction of sp³-hybridized carbons (Fsp3) is 0.278. The minimum absolute atomic E-state index is 0.149. The molecule has 0 atom stereocenters. The second-order valence-electron chi connectivity index (χ2n) is 6.08. The van der Waals surface area contributed by atoms with Gasteiger partial charge in [0.05, 0.1) is 4.90 Å². The Morgan fingerprint density at radius 1 is 1.08 bits per heavy atom. The number of rotatable bonds is 6. The average molecular weight is 372 g/mol. The minimum atomic E-state index is -4.32. The molecule has 3 aromatic rings. The van der Waals surface area contributed by atoms with Gasteiger partial charge in [-0.15, -0.1) is 0 Å². The predicted octanol–water partition coefficient (Wildman–Crippen LogP) is 2.79. The van der Waals surface area contributed by atoms with Gasteiger partial charge in [-0.25, -0.2) is 4.98 Å². The highest BCUT2D eigenvalue weighted by molar-refractivity contribution is 7.85. The highest BCUT2D eigenvalue weighted by Gasteiger charge is 2.15. The van der Waals surface area contributed by atoms with Crippen molar-refractivity contribution in [3.8, 4) is 0 Å². The molecule has 136 valence electrons. The Balaban J connectivity index is 2.07. The molecule has 0 saturated carbocycles. The number of anilines is 1. The summed E-state index contributed by atoms with van der Waals surface area (Å²) in [4.78, 5) is 12.6. The molecule has 0 aliphatic rings. The van der Waals surface area contributed by atoms with Crippen LogP contribution in [0.5, 0.6) is 0 Å². The lowest BCUT2D eigenvalue weighted by atomic mass is 10.0. The molecule has 7 nitrogen and oxygen atoms in total. The molecule has 3 rings (SSSR count). The van der Waals surface area contributed by atoms with Crippen LogP contribution in [0.1, 0.15) is 37.0 Å². The molecule has 8 heteroatoms. The second kappa shape index (κ2) is 7.35. The summed E-state index contributed by atoms with van der Waals surface area (Å²) in [5, 5.41) is 1.58. The standard InChI is InChI=1S/C18H20N4O3S/c1-2-3-8-16-20-17(22-18(19)21-16)11-13-10-14(26(23,24)25)9-12-6-4-5-7-15(12)13/h4-7,9-10H,2-3,8,11H2,1H3,(H,23,24,25)(H2,19,20,21,22). The minimum Gasteiger partial charge on any atom is -0.368 e. The van der Waals surface area contributed by atoms with Gasteiger partial charge in [0.15, 0.2) is 0 Å². The van der Waals surface area contributed by atoms with E-state index in [4.69, 9.17) is 5.73 Å². The summed E-state index contributed by atoms with van der Waals surface area (Å²) in [6.07, 6.45) is 2.96. The smallest absolute Gasteiger partial charge is 0.294 e. The number of nitrogens with two attached hydrogens (primary N) is 1. The van der Waals surface area contributed by atoms with E-state index in [-0.39, 0.29) is 17.3 Å². The number of nitrogens with zero attached hydrogens (tertiary/aromatic N) is 3. The molecule has 0 radical (unpaired) electrons. The van der Waals surface area contributed by atoms with Crippen molar-refractivity contribution in [1.82, 2.24) is 15.0 Å². The third-order valence-corrected chi connectivity index (χ3v) is 4.90. The molecule has 3 N–H and O–H groups in total. The van der Waals surface area contributed by atoms with Crippen molar-refractivity contribution in [1.29, 1.82) is 0 Å². The zero-order chi connectivity index (χ0) is 18.7. The summed E-state index contributed by atoms with van der Waals surface area (Å²) in [6.45, 7) is 2.08. The van der Waals surface area contributed by atoms with Gasteiger partial charge in [0.25, 0.3) is 10.1 Å². The van der Waals surface area contributed by atoms with Gasteiger partial charge in [0.2, 0.25) is 5.95 Å². The molecular weight excluding hydrogens is 352 g/mol. The van der Waals surface area contributed by atoms with Crippen LogP contribution in [0.25, 0.3) is 10.8 Å². The summed E-state index contributed by atoms with van der Waals surface area (Å²) in [5.41, 5.74) is 6.50. The number of hydrogen-bond acceptors (Lipinski definition) is 6. The van der Waals surface area contributed by atoms with Crippen LogP contribution in [-0.2, 0) is 23.0 Å². The van der Waals surface area contributed by atoms with Crippen molar-refractivity contribution >= 4 is 26.8 Å². The first-order chi connectivity index (χ1) is 12.4. The molecule has 2 aromatic carbocycles. The molecule has 0 fully saturated rings. The molecule has 0 aliphatic carbocycles. The number of fused-ring (bicyclic) bond motifs is 1. The van der Waals surface area contributed by atoms with Crippen LogP contribution >= 0.6 is 0 Å². The Kier molecular flexibility index (Phi) is 5.15. The van der Waals surface area contributed by atoms with Crippen molar-refractivity contribution in [3.05, 3.63) is 53.6 Å². The van der Waals surface area contributed by atoms with Crippen LogP contribution < -0.4 is 5.73 Å². The molecular formula is C18H20N4O3S. The van der Waals surface area contributed by atoms with Crippen molar-refractivity contribution in [2.75, 3.05) is 5.73 Å². The quantitative estimate of drug-likeness (QED) is 0.638. The van der Waals surface area contributed by atoms with Crippen LogP contribution in [0.3, 0.4) is 0 Å². The fourth-order valence-corrected chi connectivity index (χ4v) is 3.41. The van der Waals surface area contributed by atoms with Crippen molar-refractivity contribution in [2.24, 2.45) is 0 Å². The third-order valence-electron chi connectivity index (χ3n) is 4.07. The molecule has 0 spiro atoms. The van der Waals surface area contributed by atoms with Crippen molar-refractivity contribution in [3.63, 3.8) is 0 Å². The van der Waals surface area contributed by atoms with Crippen LogP contribution in [0.4, 0.5) is 5.95 Å². The maximum atomic E-state index is 11.6. The lowest BCUT2D eigenvalue weighted by Gasteiger charge is -2.10. The summed E-state index contributed by atoms with van der Waals surface area (Å²) in [7, 11) is -4.32. The van der Waals surface area contributed by atoms with E-state index in [1.165, 1.54) is 12.1 Å². The monoisotopic (exact) mass is 372 g/mol. The number of unbranched alkanes of at least 4 members (excludes halogenated alkanes) is 1. The molecule has 0 unspecified atom stereocenters. The normalized spacial score (nSPS) is 11.8. The number of hydrogen-bond donors (Lipinski definition) is 2. The third kappa shape index (κ3) is 4.14. The van der Waals surface area contributed by atoms with Crippen molar-refractivity contribution < 1.29 is 13.0 Å². The Morgan fingerprint density at radius 2 is 1.81 bits per heavy atom. The Morgan fingerprint density at radius 3 is 2.54 bits per heavy atom. The van der Waals surface area contributed by atoms with Crippen LogP contribution in [0.2, 0.25) is 0 Å². The maximum absolute atomic E-state index is 11.6. The average Bonchev–Trinajstić information content (AvgIpc) is 2.58. The molecule has 0 bridgehead atoms. The van der Waals surface area contributed by atoms with Gasteiger partial charge >= 0.3 is 0 Å². The predicted molar refractivity (Wildman–Crippen MR) is 99.4 cm³/mol. The van der Waals surface area contributed by atoms with E-state index < -0.39 is 10.1 Å². The first-order valence-corrected chi connectivity index (χ1v) is 9.79. The van der Waals surface area contributed by atoms with Gasteiger partial charge in [-0.05, 0) is 34.9 Å². The summed E-state index contributed by atoms with van der Waals surface area (Å²) in [5.74, 6) is 1.25. The van der Waals surface area contributed by atoms with Gasteiger partial charge in [0.1, 0.15) is 11.6 Å². The molecule has 0 saturated heterocycles. The molecule has 26 heavy (non-hydrogen) atoms. The zero-order valence-electron chi connectivity index (χ0n) is 14.4. The van der Waals surface area contributed by atoms with Gasteiger partial charge in [-0.1, -0.05) is 37.6 Å². The van der Waals surface area contributed by atoms with Crippen LogP contribution in [0.15, 0.2) is 41.3 Å². The van der Waals surface area contributed by atoms with E-state index >= 15 is 0 Å². The Hall–Kier alpha value is -2.58. The van der Waals surface area contributed by atoms with Gasteiger partial charge in [-0.3, -0.25) is 4.55 Å². The Bertz CT molecular complexity index is 1050. The van der Waals surface area contributed by atoms with Gasteiger partial charge < -0.3 is 5.73 Å². The highest BCUT2D eigenvalue weighted by Crippen LogP contribution is 2.25. The SMILES string of the molecule is CCCCc1nc(N)nc(Cc2cc(S(=O)(=O)O)cc3ccccc23)n1. The van der Waals surface area contributed by atoms with Gasteiger partial charge in [0, 0.05) is 12.8 Å². The van der Waals surface area contributed by atoms with E-state index in [9.17, 15) is 13.0 Å². The van der Waals surface area contributed by atoms with E-state index in [1.54, 1.807) is 6.07 Å². The number of nitrogen functional groups attached to an aromatic ring is 1. The number of benzene rings is 2. The highest BCUT2D eigenvalue weighted by atomic mass is 32.2. The number of aryl methyl sites for hydroxylation is 1. The molecule has 1 aromatic heterocycles. The summed E-state index contributed by atoms with van der Waals surface area (Å²) >= 11 is 0. The maximum Gasteiger partial charge on any atom is 0.294 e. The molecule has 0 aliphatic heterocycles. The van der Waals surface area contributed by atoms with E-state index in [0.717, 1.165) is 18.2 Å². The van der Waals surface area contributed by atoms with Crippen LogP contribution in [0, 0.1) is 0 Å². The molecule has 0 amide bonds. The second-order valence-corrected chi connectivity index (χ2v) is 7.51. The van der Waals surface area contributed by atoms with Crippen LogP contribution in [-0.4, -0.2) is 27.9 Å². The van der Waals surface area contributed by atoms with E-state index in [2.05, 4.69) is 21.9 Å². The van der Waals surface area contributed by atoms with Crippen molar-refractivity contribution in [2.45, 2.75) is 37.5 Å². The van der Waals surface area contributed by atoms with Gasteiger partial charge in [-0.2, -0.15) is 18.4 Å². The fourth-order valence-electron chi connectivity index (χ4n) is 2.84. The lowest BCUT2D eigenvalue weighted by molar-refractivity contribution is 0.483. The van der Waals surface area contributed by atoms with E-state index in [0.29, 0.717) is 29.0 Å². The zero-order valence-corrected chi connectivity index (χ0v) is 15.2. The van der Waals surface area contributed by atoms with E-state index in [1.807, 2.05) is 18.2 Å². The number of aromatic nitrogens is 3.